The van der Waals surface area contributed by atoms with Crippen LogP contribution in [0.25, 0.3) is 0 Å². The predicted molar refractivity (Wildman–Crippen MR) is 90.3 cm³/mol. The van der Waals surface area contributed by atoms with Crippen molar-refractivity contribution >= 4 is 23.4 Å². The number of amides is 2. The molecule has 132 valence electrons. The van der Waals surface area contributed by atoms with E-state index in [0.29, 0.717) is 31.0 Å². The van der Waals surface area contributed by atoms with Crippen molar-refractivity contribution in [2.24, 2.45) is 5.92 Å². The van der Waals surface area contributed by atoms with Crippen LogP contribution in [0.2, 0.25) is 5.02 Å². The first-order chi connectivity index (χ1) is 11.4. The van der Waals surface area contributed by atoms with Crippen molar-refractivity contribution in [3.63, 3.8) is 0 Å². The molecule has 1 aromatic carbocycles. The molecule has 0 aromatic heterocycles. The van der Waals surface area contributed by atoms with Gasteiger partial charge in [0.1, 0.15) is 0 Å². The summed E-state index contributed by atoms with van der Waals surface area (Å²) in [5, 5.41) is 21.9. The van der Waals surface area contributed by atoms with Gasteiger partial charge in [-0.05, 0) is 31.0 Å². The highest BCUT2D eigenvalue weighted by molar-refractivity contribution is 6.30. The van der Waals surface area contributed by atoms with Crippen LogP contribution in [0, 0.1) is 5.92 Å². The first-order valence-corrected chi connectivity index (χ1v) is 8.30. The maximum atomic E-state index is 12.4. The third-order valence-corrected chi connectivity index (χ3v) is 4.53. The second-order valence-corrected chi connectivity index (χ2v) is 6.94. The van der Waals surface area contributed by atoms with E-state index in [1.807, 2.05) is 12.1 Å². The first kappa shape index (κ1) is 18.7. The lowest BCUT2D eigenvalue weighted by Gasteiger charge is -2.34. The summed E-state index contributed by atoms with van der Waals surface area (Å²) in [5.74, 6) is -0.595. The minimum Gasteiger partial charge on any atom is -0.394 e. The molecule has 1 heterocycles. The minimum absolute atomic E-state index is 0.0149. The fourth-order valence-electron chi connectivity index (χ4n) is 2.62. The van der Waals surface area contributed by atoms with Crippen LogP contribution in [0.4, 0.5) is 0 Å². The molecule has 0 radical (unpaired) electrons. The van der Waals surface area contributed by atoms with Gasteiger partial charge in [0.05, 0.1) is 24.7 Å². The van der Waals surface area contributed by atoms with Gasteiger partial charge < -0.3 is 20.4 Å². The molecule has 0 aliphatic carbocycles. The average Bonchev–Trinajstić information content (AvgIpc) is 2.58. The number of hydrogen-bond acceptors (Lipinski definition) is 4. The summed E-state index contributed by atoms with van der Waals surface area (Å²) in [6, 6.07) is 7.24. The smallest absolute Gasteiger partial charge is 0.225 e. The highest BCUT2D eigenvalue weighted by Crippen LogP contribution is 2.21. The first-order valence-electron chi connectivity index (χ1n) is 7.93. The number of nitrogens with one attached hydrogen (secondary N) is 1. The maximum absolute atomic E-state index is 12.4. The highest BCUT2D eigenvalue weighted by atomic mass is 35.5. The molecule has 0 bridgehead atoms. The van der Waals surface area contributed by atoms with E-state index in [4.69, 9.17) is 11.6 Å². The molecule has 2 amide bonds. The molecule has 6 nitrogen and oxygen atoms in total. The van der Waals surface area contributed by atoms with Crippen molar-refractivity contribution in [1.29, 1.82) is 0 Å². The topological polar surface area (TPSA) is 89.9 Å². The molecule has 1 aliphatic heterocycles. The normalized spacial score (nSPS) is 18.6. The Balaban J connectivity index is 2.00. The van der Waals surface area contributed by atoms with Gasteiger partial charge in [-0.15, -0.1) is 0 Å². The lowest BCUT2D eigenvalue weighted by molar-refractivity contribution is -0.139. The summed E-state index contributed by atoms with van der Waals surface area (Å²) in [7, 11) is 0. The van der Waals surface area contributed by atoms with E-state index < -0.39 is 5.54 Å². The van der Waals surface area contributed by atoms with Gasteiger partial charge in [0.2, 0.25) is 11.8 Å². The molecule has 7 heteroatoms. The quantitative estimate of drug-likeness (QED) is 0.709. The molecule has 3 N–H and O–H groups in total. The molecule has 1 saturated heterocycles. The third kappa shape index (κ3) is 4.69. The summed E-state index contributed by atoms with van der Waals surface area (Å²) < 4.78 is 0. The Kier molecular flexibility index (Phi) is 6.21. The van der Waals surface area contributed by atoms with Crippen LogP contribution in [0.1, 0.15) is 25.3 Å². The molecule has 2 rings (SSSR count). The lowest BCUT2D eigenvalue weighted by atomic mass is 9.94. The number of aliphatic hydroxyl groups is 2. The monoisotopic (exact) mass is 354 g/mol. The van der Waals surface area contributed by atoms with Crippen LogP contribution in [0.15, 0.2) is 24.3 Å². The number of piperidine rings is 1. The van der Waals surface area contributed by atoms with Gasteiger partial charge in [-0.25, -0.2) is 0 Å². The number of rotatable bonds is 6. The number of benzene rings is 1. The molecule has 1 aromatic rings. The van der Waals surface area contributed by atoms with Gasteiger partial charge in [-0.2, -0.15) is 0 Å². The van der Waals surface area contributed by atoms with Crippen molar-refractivity contribution in [1.82, 2.24) is 10.2 Å². The molecular formula is C17H23ClN2O4. The number of carbonyl (C=O) groups excluding carboxylic acids is 2. The van der Waals surface area contributed by atoms with E-state index in [1.165, 1.54) is 0 Å². The fourth-order valence-corrected chi connectivity index (χ4v) is 2.75. The highest BCUT2D eigenvalue weighted by Gasteiger charge is 2.33. The molecular weight excluding hydrogens is 332 g/mol. The Labute approximate surface area is 146 Å². The van der Waals surface area contributed by atoms with Crippen LogP contribution in [0.3, 0.4) is 0 Å². The standard InChI is InChI=1S/C17H23ClN2O4/c1-17(10-21,11-22)19-16(24)13-4-7-15(23)20(9-13)8-12-2-5-14(18)6-3-12/h2-3,5-6,13,21-22H,4,7-11H2,1H3,(H,19,24)/t13-/m1/s1. The van der Waals surface area contributed by atoms with Crippen molar-refractivity contribution < 1.29 is 19.8 Å². The second kappa shape index (κ2) is 7.96. The predicted octanol–water partition coefficient (Wildman–Crippen LogP) is 0.938. The molecule has 1 aliphatic rings. The number of hydrogen-bond donors (Lipinski definition) is 3. The van der Waals surface area contributed by atoms with Gasteiger partial charge in [0.25, 0.3) is 0 Å². The maximum Gasteiger partial charge on any atom is 0.225 e. The number of carbonyl (C=O) groups is 2. The Hall–Kier alpha value is -1.63. The number of halogens is 1. The second-order valence-electron chi connectivity index (χ2n) is 6.50. The lowest BCUT2D eigenvalue weighted by Crippen LogP contribution is -2.55. The van der Waals surface area contributed by atoms with Gasteiger partial charge in [-0.1, -0.05) is 23.7 Å². The Morgan fingerprint density at radius 3 is 2.54 bits per heavy atom. The number of nitrogens with zero attached hydrogens (tertiary/aromatic N) is 1. The van der Waals surface area contributed by atoms with Gasteiger partial charge >= 0.3 is 0 Å². The van der Waals surface area contributed by atoms with Crippen LogP contribution in [-0.4, -0.2) is 52.2 Å². The van der Waals surface area contributed by atoms with Crippen molar-refractivity contribution in [3.05, 3.63) is 34.9 Å². The van der Waals surface area contributed by atoms with Crippen LogP contribution < -0.4 is 5.32 Å². The molecule has 1 atom stereocenters. The summed E-state index contributed by atoms with van der Waals surface area (Å²) in [5.41, 5.74) is -0.108. The number of aliphatic hydroxyl groups excluding tert-OH is 2. The van der Waals surface area contributed by atoms with Crippen LogP contribution in [-0.2, 0) is 16.1 Å². The van der Waals surface area contributed by atoms with E-state index in [9.17, 15) is 19.8 Å². The van der Waals surface area contributed by atoms with Crippen molar-refractivity contribution in [3.8, 4) is 0 Å². The van der Waals surface area contributed by atoms with Crippen LogP contribution in [0.5, 0.6) is 0 Å². The summed E-state index contributed by atoms with van der Waals surface area (Å²) in [6.45, 7) is 1.62. The van der Waals surface area contributed by atoms with Gasteiger partial charge in [0, 0.05) is 24.5 Å². The Bertz CT molecular complexity index is 587. The molecule has 0 spiro atoms. The zero-order valence-electron chi connectivity index (χ0n) is 13.7. The molecule has 0 saturated carbocycles. The van der Waals surface area contributed by atoms with E-state index in [0.717, 1.165) is 5.56 Å². The number of likely N-dealkylation sites (tertiary alicyclic amines) is 1. The van der Waals surface area contributed by atoms with Crippen molar-refractivity contribution in [2.75, 3.05) is 19.8 Å². The fraction of sp³-hybridized carbons (Fsp3) is 0.529. The van der Waals surface area contributed by atoms with Crippen molar-refractivity contribution in [2.45, 2.75) is 31.8 Å². The van der Waals surface area contributed by atoms with E-state index in [-0.39, 0.29) is 30.9 Å². The average molecular weight is 355 g/mol. The Morgan fingerprint density at radius 1 is 1.33 bits per heavy atom. The Morgan fingerprint density at radius 2 is 1.96 bits per heavy atom. The zero-order chi connectivity index (χ0) is 17.7. The summed E-state index contributed by atoms with van der Waals surface area (Å²) in [4.78, 5) is 26.2. The summed E-state index contributed by atoms with van der Waals surface area (Å²) >= 11 is 5.86. The minimum atomic E-state index is -1.06. The van der Waals surface area contributed by atoms with Gasteiger partial charge in [-0.3, -0.25) is 9.59 Å². The van der Waals surface area contributed by atoms with E-state index >= 15 is 0 Å². The SMILES string of the molecule is CC(CO)(CO)NC(=O)[C@@H]1CCC(=O)N(Cc2ccc(Cl)cc2)C1. The zero-order valence-corrected chi connectivity index (χ0v) is 14.4. The molecule has 1 fully saturated rings. The van der Waals surface area contributed by atoms with E-state index in [2.05, 4.69) is 5.32 Å². The van der Waals surface area contributed by atoms with Crippen LogP contribution >= 0.6 is 11.6 Å². The summed E-state index contributed by atoms with van der Waals surface area (Å²) in [6.07, 6.45) is 0.773. The largest absolute Gasteiger partial charge is 0.394 e. The third-order valence-electron chi connectivity index (χ3n) is 4.28. The molecule has 0 unspecified atom stereocenters. The van der Waals surface area contributed by atoms with E-state index in [1.54, 1.807) is 24.0 Å². The molecule has 24 heavy (non-hydrogen) atoms. The van der Waals surface area contributed by atoms with Gasteiger partial charge in [0.15, 0.2) is 0 Å².